The van der Waals surface area contributed by atoms with Crippen LogP contribution >= 0.6 is 0 Å². The number of hydrogen-bond donors (Lipinski definition) is 0. The maximum Gasteiger partial charge on any atom is 0.278 e. The summed E-state index contributed by atoms with van der Waals surface area (Å²) >= 11 is 0. The van der Waals surface area contributed by atoms with Crippen LogP contribution in [0.2, 0.25) is 0 Å². The fourth-order valence-electron chi connectivity index (χ4n) is 2.74. The SMILES string of the molecule is CCN(C(=O)c1ccc(N2CCCC2)nn1)c1ccccc1. The van der Waals surface area contributed by atoms with E-state index in [-0.39, 0.29) is 5.91 Å². The van der Waals surface area contributed by atoms with Crippen molar-refractivity contribution in [2.75, 3.05) is 29.4 Å². The van der Waals surface area contributed by atoms with E-state index in [9.17, 15) is 4.79 Å². The van der Waals surface area contributed by atoms with Gasteiger partial charge in [-0.2, -0.15) is 0 Å². The van der Waals surface area contributed by atoms with Crippen LogP contribution in [0.15, 0.2) is 42.5 Å². The molecule has 22 heavy (non-hydrogen) atoms. The lowest BCUT2D eigenvalue weighted by Crippen LogP contribution is -2.31. The van der Waals surface area contributed by atoms with Crippen molar-refractivity contribution in [3.8, 4) is 0 Å². The predicted octanol–water partition coefficient (Wildman–Crippen LogP) is 2.74. The second-order valence-electron chi connectivity index (χ2n) is 5.36. The first-order valence-corrected chi connectivity index (χ1v) is 7.75. The lowest BCUT2D eigenvalue weighted by Gasteiger charge is -2.21. The highest BCUT2D eigenvalue weighted by Crippen LogP contribution is 2.19. The van der Waals surface area contributed by atoms with Gasteiger partial charge in [-0.3, -0.25) is 4.79 Å². The third-order valence-electron chi connectivity index (χ3n) is 3.93. The highest BCUT2D eigenvalue weighted by Gasteiger charge is 2.19. The number of hydrogen-bond acceptors (Lipinski definition) is 4. The van der Waals surface area contributed by atoms with Crippen LogP contribution in [0.1, 0.15) is 30.3 Å². The average Bonchev–Trinajstić information content (AvgIpc) is 3.11. The van der Waals surface area contributed by atoms with Gasteiger partial charge in [-0.15, -0.1) is 10.2 Å². The first-order chi connectivity index (χ1) is 10.8. The minimum atomic E-state index is -0.117. The average molecular weight is 296 g/mol. The zero-order valence-electron chi connectivity index (χ0n) is 12.8. The monoisotopic (exact) mass is 296 g/mol. The highest BCUT2D eigenvalue weighted by atomic mass is 16.2. The van der Waals surface area contributed by atoms with Crippen molar-refractivity contribution < 1.29 is 4.79 Å². The normalized spacial score (nSPS) is 14.1. The number of carbonyl (C=O) groups excluding carboxylic acids is 1. The summed E-state index contributed by atoms with van der Waals surface area (Å²) in [4.78, 5) is 16.5. The lowest BCUT2D eigenvalue weighted by molar-refractivity contribution is 0.0982. The largest absolute Gasteiger partial charge is 0.355 e. The second kappa shape index (κ2) is 6.56. The van der Waals surface area contributed by atoms with E-state index in [2.05, 4.69) is 15.1 Å². The van der Waals surface area contributed by atoms with Crippen molar-refractivity contribution in [3.63, 3.8) is 0 Å². The van der Waals surface area contributed by atoms with E-state index in [0.29, 0.717) is 12.2 Å². The molecule has 3 rings (SSSR count). The van der Waals surface area contributed by atoms with Crippen LogP contribution in [0, 0.1) is 0 Å². The quantitative estimate of drug-likeness (QED) is 0.870. The summed E-state index contributed by atoms with van der Waals surface area (Å²) in [5, 5.41) is 8.36. The molecule has 0 radical (unpaired) electrons. The van der Waals surface area contributed by atoms with Gasteiger partial charge in [-0.1, -0.05) is 18.2 Å². The van der Waals surface area contributed by atoms with Gasteiger partial charge in [0.05, 0.1) is 0 Å². The maximum atomic E-state index is 12.6. The Morgan fingerprint density at radius 3 is 2.41 bits per heavy atom. The van der Waals surface area contributed by atoms with E-state index in [4.69, 9.17) is 0 Å². The minimum absolute atomic E-state index is 0.117. The Morgan fingerprint density at radius 2 is 1.82 bits per heavy atom. The first-order valence-electron chi connectivity index (χ1n) is 7.75. The molecule has 1 saturated heterocycles. The summed E-state index contributed by atoms with van der Waals surface area (Å²) in [7, 11) is 0. The molecule has 1 aromatic heterocycles. The Bertz CT molecular complexity index is 621. The number of aromatic nitrogens is 2. The van der Waals surface area contributed by atoms with Crippen LogP contribution in [0.5, 0.6) is 0 Å². The molecule has 0 saturated carbocycles. The Balaban J connectivity index is 1.79. The molecule has 0 spiro atoms. The molecule has 0 N–H and O–H groups in total. The van der Waals surface area contributed by atoms with Gasteiger partial charge in [0.15, 0.2) is 11.5 Å². The molecule has 1 aromatic carbocycles. The summed E-state index contributed by atoms with van der Waals surface area (Å²) in [5.74, 6) is 0.742. The minimum Gasteiger partial charge on any atom is -0.355 e. The number of nitrogens with zero attached hydrogens (tertiary/aromatic N) is 4. The van der Waals surface area contributed by atoms with Gasteiger partial charge in [0.1, 0.15) is 0 Å². The van der Waals surface area contributed by atoms with Crippen LogP contribution in [0.4, 0.5) is 11.5 Å². The van der Waals surface area contributed by atoms with E-state index in [1.165, 1.54) is 12.8 Å². The standard InChI is InChI=1S/C17H20N4O/c1-2-21(14-8-4-3-5-9-14)17(22)15-10-11-16(19-18-15)20-12-6-7-13-20/h3-5,8-11H,2,6-7,12-13H2,1H3. The van der Waals surface area contributed by atoms with E-state index in [1.807, 2.05) is 43.3 Å². The molecule has 2 aromatic rings. The van der Waals surface area contributed by atoms with Gasteiger partial charge in [0, 0.05) is 25.3 Å². The summed E-state index contributed by atoms with van der Waals surface area (Å²) in [6.07, 6.45) is 2.39. The molecule has 5 nitrogen and oxygen atoms in total. The van der Waals surface area contributed by atoms with Crippen molar-refractivity contribution >= 4 is 17.4 Å². The lowest BCUT2D eigenvalue weighted by atomic mass is 10.2. The summed E-state index contributed by atoms with van der Waals surface area (Å²) < 4.78 is 0. The molecule has 1 fully saturated rings. The molecule has 0 atom stereocenters. The second-order valence-corrected chi connectivity index (χ2v) is 5.36. The Hall–Kier alpha value is -2.43. The van der Waals surface area contributed by atoms with Crippen molar-refractivity contribution in [1.82, 2.24) is 10.2 Å². The summed E-state index contributed by atoms with van der Waals surface area (Å²) in [6.45, 7) is 4.59. The molecule has 0 unspecified atom stereocenters. The Kier molecular flexibility index (Phi) is 4.32. The van der Waals surface area contributed by atoms with Crippen molar-refractivity contribution in [1.29, 1.82) is 0 Å². The molecular weight excluding hydrogens is 276 g/mol. The molecule has 1 amide bonds. The van der Waals surface area contributed by atoms with E-state index in [1.54, 1.807) is 11.0 Å². The maximum absolute atomic E-state index is 12.6. The van der Waals surface area contributed by atoms with Crippen molar-refractivity contribution in [2.45, 2.75) is 19.8 Å². The molecule has 0 bridgehead atoms. The fraction of sp³-hybridized carbons (Fsp3) is 0.353. The molecule has 1 aliphatic heterocycles. The molecule has 1 aliphatic rings. The molecule has 5 heteroatoms. The van der Waals surface area contributed by atoms with Crippen molar-refractivity contribution in [3.05, 3.63) is 48.2 Å². The molecule has 2 heterocycles. The number of rotatable bonds is 4. The van der Waals surface area contributed by atoms with Crippen LogP contribution < -0.4 is 9.80 Å². The zero-order chi connectivity index (χ0) is 15.4. The van der Waals surface area contributed by atoms with Gasteiger partial charge in [-0.05, 0) is 44.0 Å². The fourth-order valence-corrected chi connectivity index (χ4v) is 2.74. The topological polar surface area (TPSA) is 49.3 Å². The van der Waals surface area contributed by atoms with E-state index < -0.39 is 0 Å². The van der Waals surface area contributed by atoms with Gasteiger partial charge in [0.25, 0.3) is 5.91 Å². The number of carbonyl (C=O) groups is 1. The number of amides is 1. The van der Waals surface area contributed by atoms with E-state index >= 15 is 0 Å². The van der Waals surface area contributed by atoms with Crippen LogP contribution in [0.25, 0.3) is 0 Å². The van der Waals surface area contributed by atoms with Gasteiger partial charge < -0.3 is 9.80 Å². The summed E-state index contributed by atoms with van der Waals surface area (Å²) in [5.41, 5.74) is 1.26. The van der Waals surface area contributed by atoms with Gasteiger partial charge >= 0.3 is 0 Å². The van der Waals surface area contributed by atoms with Crippen LogP contribution in [0.3, 0.4) is 0 Å². The van der Waals surface area contributed by atoms with Crippen LogP contribution in [-0.2, 0) is 0 Å². The van der Waals surface area contributed by atoms with E-state index in [0.717, 1.165) is 24.6 Å². The third kappa shape index (κ3) is 2.93. The third-order valence-corrected chi connectivity index (χ3v) is 3.93. The predicted molar refractivity (Wildman–Crippen MR) is 87.3 cm³/mol. The first kappa shape index (κ1) is 14.5. The number of anilines is 2. The summed E-state index contributed by atoms with van der Waals surface area (Å²) in [6, 6.07) is 13.3. The van der Waals surface area contributed by atoms with Gasteiger partial charge in [0.2, 0.25) is 0 Å². The van der Waals surface area contributed by atoms with Gasteiger partial charge in [-0.25, -0.2) is 0 Å². The Labute approximate surface area is 130 Å². The number of para-hydroxylation sites is 1. The molecule has 114 valence electrons. The molecule has 0 aliphatic carbocycles. The van der Waals surface area contributed by atoms with Crippen LogP contribution in [-0.4, -0.2) is 35.7 Å². The molecular formula is C17H20N4O. The smallest absolute Gasteiger partial charge is 0.278 e. The van der Waals surface area contributed by atoms with Crippen molar-refractivity contribution in [2.24, 2.45) is 0 Å². The zero-order valence-corrected chi connectivity index (χ0v) is 12.8. The number of benzene rings is 1. The highest BCUT2D eigenvalue weighted by molar-refractivity contribution is 6.04. The Morgan fingerprint density at radius 1 is 1.09 bits per heavy atom.